The highest BCUT2D eigenvalue weighted by Crippen LogP contribution is 2.28. The van der Waals surface area contributed by atoms with E-state index in [0.29, 0.717) is 5.56 Å². The molecule has 0 saturated carbocycles. The molecule has 2 unspecified atom stereocenters. The third-order valence-electron chi connectivity index (χ3n) is 4.92. The van der Waals surface area contributed by atoms with E-state index in [1.165, 1.54) is 0 Å². The van der Waals surface area contributed by atoms with E-state index in [1.807, 2.05) is 26.0 Å². The van der Waals surface area contributed by atoms with E-state index in [2.05, 4.69) is 10.6 Å². The van der Waals surface area contributed by atoms with Crippen LogP contribution in [0.15, 0.2) is 18.2 Å². The maximum atomic E-state index is 13.7. The van der Waals surface area contributed by atoms with Crippen LogP contribution in [0.5, 0.6) is 0 Å². The number of aryl methyl sites for hydroxylation is 1. The zero-order valence-corrected chi connectivity index (χ0v) is 21.8. The molecule has 1 aromatic carbocycles. The van der Waals surface area contributed by atoms with Crippen LogP contribution in [0.1, 0.15) is 70.7 Å². The van der Waals surface area contributed by atoms with Gasteiger partial charge in [-0.05, 0) is 72.1 Å². The SMILES string of the molecule is Cc1cccc(C(C(=O)NC(C)(C)C)N(CC#N)C(=O)C(CC(N)=O)NC(=O)OC(C)(C)C)c1C. The second-order valence-corrected chi connectivity index (χ2v) is 10.4. The molecular weight excluding hydrogens is 450 g/mol. The first-order chi connectivity index (χ1) is 16.0. The maximum absolute atomic E-state index is 13.7. The number of rotatable bonds is 8. The van der Waals surface area contributed by atoms with Gasteiger partial charge in [-0.2, -0.15) is 5.26 Å². The Balaban J connectivity index is 3.58. The van der Waals surface area contributed by atoms with Crippen LogP contribution >= 0.6 is 0 Å². The first kappa shape index (κ1) is 29.4. The highest BCUT2D eigenvalue weighted by Gasteiger charge is 2.38. The molecule has 10 heteroatoms. The monoisotopic (exact) mass is 487 g/mol. The Morgan fingerprint density at radius 3 is 2.20 bits per heavy atom. The molecule has 1 rings (SSSR count). The van der Waals surface area contributed by atoms with Crippen molar-refractivity contribution in [2.75, 3.05) is 6.54 Å². The number of nitrogens with one attached hydrogen (secondary N) is 2. The van der Waals surface area contributed by atoms with Gasteiger partial charge < -0.3 is 26.0 Å². The summed E-state index contributed by atoms with van der Waals surface area (Å²) in [5.41, 5.74) is 6.03. The molecule has 4 amide bonds. The normalized spacial score (nSPS) is 13.1. The third kappa shape index (κ3) is 9.27. The Labute approximate surface area is 207 Å². The Kier molecular flexibility index (Phi) is 9.83. The van der Waals surface area contributed by atoms with Crippen molar-refractivity contribution in [2.24, 2.45) is 5.73 Å². The fraction of sp³-hybridized carbons (Fsp3) is 0.560. The molecule has 2 atom stereocenters. The fourth-order valence-corrected chi connectivity index (χ4v) is 3.38. The molecule has 1 aromatic rings. The molecule has 0 aliphatic carbocycles. The van der Waals surface area contributed by atoms with E-state index in [-0.39, 0.29) is 0 Å². The number of nitrogens with two attached hydrogens (primary N) is 1. The van der Waals surface area contributed by atoms with Gasteiger partial charge in [0, 0.05) is 5.54 Å². The number of primary amides is 1. The molecule has 35 heavy (non-hydrogen) atoms. The predicted octanol–water partition coefficient (Wildman–Crippen LogP) is 2.38. The number of ether oxygens (including phenoxy) is 1. The average molecular weight is 488 g/mol. The lowest BCUT2D eigenvalue weighted by atomic mass is 9.94. The van der Waals surface area contributed by atoms with Crippen molar-refractivity contribution in [3.8, 4) is 6.07 Å². The van der Waals surface area contributed by atoms with Crippen LogP contribution in [0.4, 0.5) is 4.79 Å². The number of carbonyl (C=O) groups excluding carboxylic acids is 4. The minimum atomic E-state index is -1.44. The minimum Gasteiger partial charge on any atom is -0.444 e. The number of benzene rings is 1. The van der Waals surface area contributed by atoms with E-state index in [0.717, 1.165) is 16.0 Å². The van der Waals surface area contributed by atoms with Crippen molar-refractivity contribution in [2.45, 2.75) is 85.0 Å². The van der Waals surface area contributed by atoms with E-state index < -0.39 is 60.0 Å². The summed E-state index contributed by atoms with van der Waals surface area (Å²) in [5, 5.41) is 14.8. The van der Waals surface area contributed by atoms with E-state index in [1.54, 1.807) is 53.7 Å². The van der Waals surface area contributed by atoms with Crippen LogP contribution in [0, 0.1) is 25.2 Å². The van der Waals surface area contributed by atoms with Gasteiger partial charge in [-0.3, -0.25) is 14.4 Å². The van der Waals surface area contributed by atoms with Crippen LogP contribution < -0.4 is 16.4 Å². The summed E-state index contributed by atoms with van der Waals surface area (Å²) in [5.74, 6) is -2.17. The van der Waals surface area contributed by atoms with Crippen LogP contribution in [0.3, 0.4) is 0 Å². The number of nitriles is 1. The van der Waals surface area contributed by atoms with Crippen LogP contribution in [-0.4, -0.2) is 52.4 Å². The Hall–Kier alpha value is -3.61. The van der Waals surface area contributed by atoms with Gasteiger partial charge in [0.15, 0.2) is 0 Å². The van der Waals surface area contributed by atoms with E-state index >= 15 is 0 Å². The van der Waals surface area contributed by atoms with Crippen molar-refractivity contribution < 1.29 is 23.9 Å². The zero-order chi connectivity index (χ0) is 27.1. The van der Waals surface area contributed by atoms with Gasteiger partial charge in [0.2, 0.25) is 17.7 Å². The first-order valence-corrected chi connectivity index (χ1v) is 11.3. The van der Waals surface area contributed by atoms with Gasteiger partial charge >= 0.3 is 6.09 Å². The van der Waals surface area contributed by atoms with Crippen molar-refractivity contribution in [3.63, 3.8) is 0 Å². The number of hydrogen-bond donors (Lipinski definition) is 3. The number of hydrogen-bond acceptors (Lipinski definition) is 6. The molecule has 0 aliphatic heterocycles. The van der Waals surface area contributed by atoms with Crippen molar-refractivity contribution in [1.29, 1.82) is 5.26 Å². The topological polar surface area (TPSA) is 155 Å². The van der Waals surface area contributed by atoms with Gasteiger partial charge in [0.1, 0.15) is 24.2 Å². The summed E-state index contributed by atoms with van der Waals surface area (Å²) in [6.07, 6.45) is -1.48. The van der Waals surface area contributed by atoms with Crippen LogP contribution in [0.25, 0.3) is 0 Å². The van der Waals surface area contributed by atoms with Crippen LogP contribution in [0.2, 0.25) is 0 Å². The van der Waals surface area contributed by atoms with Gasteiger partial charge in [0.05, 0.1) is 12.5 Å². The second kappa shape index (κ2) is 11.7. The van der Waals surface area contributed by atoms with Crippen molar-refractivity contribution in [1.82, 2.24) is 15.5 Å². The molecule has 10 nitrogen and oxygen atoms in total. The smallest absolute Gasteiger partial charge is 0.408 e. The molecule has 0 fully saturated rings. The summed E-state index contributed by atoms with van der Waals surface area (Å²) in [6, 6.07) is 4.61. The highest BCUT2D eigenvalue weighted by atomic mass is 16.6. The summed E-state index contributed by atoms with van der Waals surface area (Å²) in [4.78, 5) is 52.3. The van der Waals surface area contributed by atoms with Gasteiger partial charge in [-0.25, -0.2) is 4.79 Å². The molecule has 0 saturated heterocycles. The molecule has 0 heterocycles. The molecule has 4 N–H and O–H groups in total. The van der Waals surface area contributed by atoms with E-state index in [9.17, 15) is 24.4 Å². The number of alkyl carbamates (subject to hydrolysis) is 1. The summed E-state index contributed by atoms with van der Waals surface area (Å²) < 4.78 is 5.22. The molecular formula is C25H37N5O5. The molecule has 192 valence electrons. The summed E-state index contributed by atoms with van der Waals surface area (Å²) in [6.45, 7) is 13.5. The first-order valence-electron chi connectivity index (χ1n) is 11.3. The highest BCUT2D eigenvalue weighted by molar-refractivity contribution is 5.95. The van der Waals surface area contributed by atoms with Gasteiger partial charge in [-0.1, -0.05) is 18.2 Å². The van der Waals surface area contributed by atoms with Gasteiger partial charge in [0.25, 0.3) is 0 Å². The summed E-state index contributed by atoms with van der Waals surface area (Å²) >= 11 is 0. The number of amides is 4. The fourth-order valence-electron chi connectivity index (χ4n) is 3.38. The largest absolute Gasteiger partial charge is 0.444 e. The molecule has 0 spiro atoms. The van der Waals surface area contributed by atoms with Crippen molar-refractivity contribution in [3.05, 3.63) is 34.9 Å². The summed E-state index contributed by atoms with van der Waals surface area (Å²) in [7, 11) is 0. The maximum Gasteiger partial charge on any atom is 0.408 e. The Bertz CT molecular complexity index is 1000. The third-order valence-corrected chi connectivity index (χ3v) is 4.92. The number of nitrogens with zero attached hydrogens (tertiary/aromatic N) is 2. The standard InChI is InChI=1S/C25H37N5O5/c1-15-10-9-11-17(16(15)2)20(21(32)29-24(3,4)5)30(13-12-26)22(33)18(14-19(27)31)28-23(34)35-25(6,7)8/h9-11,18,20H,13-14H2,1-8H3,(H2,27,31)(H,28,34)(H,29,32). The molecule has 0 aliphatic rings. The molecule has 0 bridgehead atoms. The number of carbonyl (C=O) groups is 4. The lowest BCUT2D eigenvalue weighted by molar-refractivity contribution is -0.143. The van der Waals surface area contributed by atoms with E-state index in [4.69, 9.17) is 10.5 Å². The quantitative estimate of drug-likeness (QED) is 0.478. The van der Waals surface area contributed by atoms with Gasteiger partial charge in [-0.15, -0.1) is 0 Å². The molecule has 0 radical (unpaired) electrons. The Morgan fingerprint density at radius 1 is 1.11 bits per heavy atom. The lowest BCUT2D eigenvalue weighted by Crippen LogP contribution is -2.55. The zero-order valence-electron chi connectivity index (χ0n) is 21.8. The second-order valence-electron chi connectivity index (χ2n) is 10.4. The molecule has 0 aromatic heterocycles. The average Bonchev–Trinajstić information content (AvgIpc) is 2.66. The predicted molar refractivity (Wildman–Crippen MR) is 131 cm³/mol. The lowest BCUT2D eigenvalue weighted by Gasteiger charge is -2.35. The van der Waals surface area contributed by atoms with Crippen molar-refractivity contribution >= 4 is 23.8 Å². The van der Waals surface area contributed by atoms with Crippen LogP contribution in [-0.2, 0) is 19.1 Å². The minimum absolute atomic E-state index is 0.473. The Morgan fingerprint density at radius 2 is 1.71 bits per heavy atom.